The highest BCUT2D eigenvalue weighted by molar-refractivity contribution is 5.02. The number of ether oxygens (including phenoxy) is 1. The van der Waals surface area contributed by atoms with E-state index < -0.39 is 29.6 Å². The fourth-order valence-corrected chi connectivity index (χ4v) is 2.15. The van der Waals surface area contributed by atoms with Crippen molar-refractivity contribution in [1.82, 2.24) is 9.55 Å². The summed E-state index contributed by atoms with van der Waals surface area (Å²) in [7, 11) is 0. The van der Waals surface area contributed by atoms with E-state index in [0.717, 1.165) is 0 Å². The Morgan fingerprint density at radius 2 is 2.45 bits per heavy atom. The second kappa shape index (κ2) is 5.61. The van der Waals surface area contributed by atoms with Gasteiger partial charge in [-0.2, -0.15) is 5.26 Å². The summed E-state index contributed by atoms with van der Waals surface area (Å²) < 4.78 is 6.83. The second-order valence-electron chi connectivity index (χ2n) is 4.48. The molecular formula is C11H12N6O3. The highest BCUT2D eigenvalue weighted by Crippen LogP contribution is 2.31. The lowest BCUT2D eigenvalue weighted by Crippen LogP contribution is -2.33. The predicted molar refractivity (Wildman–Crippen MR) is 67.8 cm³/mol. The Balaban J connectivity index is 2.34. The summed E-state index contributed by atoms with van der Waals surface area (Å²) in [6.07, 6.45) is 0.527. The second-order valence-corrected chi connectivity index (χ2v) is 4.48. The van der Waals surface area contributed by atoms with Crippen LogP contribution in [0.5, 0.6) is 0 Å². The number of aromatic amines is 1. The molecule has 1 aromatic heterocycles. The van der Waals surface area contributed by atoms with Gasteiger partial charge in [0.25, 0.3) is 5.56 Å². The number of hydrogen-bond acceptors (Lipinski definition) is 5. The van der Waals surface area contributed by atoms with Crippen molar-refractivity contribution in [3.05, 3.63) is 43.0 Å². The maximum atomic E-state index is 11.8. The first-order valence-corrected chi connectivity index (χ1v) is 5.95. The van der Waals surface area contributed by atoms with Crippen molar-refractivity contribution in [3.63, 3.8) is 0 Å². The number of azide groups is 1. The van der Waals surface area contributed by atoms with Gasteiger partial charge in [-0.15, -0.1) is 0 Å². The number of H-pyrrole nitrogens is 1. The zero-order valence-corrected chi connectivity index (χ0v) is 10.7. The van der Waals surface area contributed by atoms with Gasteiger partial charge >= 0.3 is 5.69 Å². The van der Waals surface area contributed by atoms with Gasteiger partial charge in [0, 0.05) is 23.1 Å². The molecular weight excluding hydrogens is 264 g/mol. The monoisotopic (exact) mass is 276 g/mol. The quantitative estimate of drug-likeness (QED) is 0.494. The molecule has 1 aromatic rings. The van der Waals surface area contributed by atoms with Gasteiger partial charge in [-0.05, 0) is 12.5 Å². The topological polar surface area (TPSA) is 137 Å². The van der Waals surface area contributed by atoms with Crippen LogP contribution in [-0.2, 0) is 4.74 Å². The average Bonchev–Trinajstić information content (AvgIpc) is 2.78. The van der Waals surface area contributed by atoms with Gasteiger partial charge in [-0.3, -0.25) is 14.3 Å². The van der Waals surface area contributed by atoms with Crippen molar-refractivity contribution in [2.24, 2.45) is 5.11 Å². The lowest BCUT2D eigenvalue weighted by molar-refractivity contribution is -0.000425. The Labute approximate surface area is 113 Å². The minimum Gasteiger partial charge on any atom is -0.353 e. The molecule has 0 unspecified atom stereocenters. The molecule has 0 spiro atoms. The predicted octanol–water partition coefficient (Wildman–Crippen LogP) is 0.725. The maximum absolute atomic E-state index is 11.8. The van der Waals surface area contributed by atoms with Crippen molar-refractivity contribution in [2.45, 2.75) is 38.1 Å². The highest BCUT2D eigenvalue weighted by Gasteiger charge is 2.36. The molecule has 104 valence electrons. The summed E-state index contributed by atoms with van der Waals surface area (Å²) >= 11 is 0. The van der Waals surface area contributed by atoms with E-state index >= 15 is 0 Å². The Morgan fingerprint density at radius 3 is 3.10 bits per heavy atom. The summed E-state index contributed by atoms with van der Waals surface area (Å²) in [5.74, 6) is 0. The number of rotatable bonds is 3. The lowest BCUT2D eigenvalue weighted by Gasteiger charge is -2.14. The van der Waals surface area contributed by atoms with Crippen molar-refractivity contribution in [2.75, 3.05) is 0 Å². The van der Waals surface area contributed by atoms with Crippen LogP contribution in [-0.4, -0.2) is 21.7 Å². The standard InChI is InChI=1S/C11H12N6O3/c1-6-5-17(11(19)14-10(6)18)9-4-7(15-16-13)8(20-9)2-3-12/h5,7-9H,2,4H2,1H3,(H,14,18,19)/t7-,8+,9+/m0/s1. The normalized spacial score (nSPS) is 24.9. The molecule has 9 nitrogen and oxygen atoms in total. The van der Waals surface area contributed by atoms with Gasteiger partial charge in [0.2, 0.25) is 0 Å². The first kappa shape index (κ1) is 13.9. The fourth-order valence-electron chi connectivity index (χ4n) is 2.15. The van der Waals surface area contributed by atoms with Crippen LogP contribution < -0.4 is 11.2 Å². The molecule has 1 N–H and O–H groups in total. The van der Waals surface area contributed by atoms with Gasteiger partial charge in [-0.25, -0.2) is 4.79 Å². The smallest absolute Gasteiger partial charge is 0.330 e. The first-order chi connectivity index (χ1) is 9.56. The van der Waals surface area contributed by atoms with E-state index in [1.807, 2.05) is 6.07 Å². The van der Waals surface area contributed by atoms with E-state index in [1.54, 1.807) is 6.92 Å². The third-order valence-electron chi connectivity index (χ3n) is 3.15. The van der Waals surface area contributed by atoms with Crippen molar-refractivity contribution < 1.29 is 4.74 Å². The first-order valence-electron chi connectivity index (χ1n) is 5.95. The number of aromatic nitrogens is 2. The molecule has 0 radical (unpaired) electrons. The van der Waals surface area contributed by atoms with Gasteiger partial charge < -0.3 is 4.74 Å². The molecule has 0 aromatic carbocycles. The number of nitrogens with zero attached hydrogens (tertiary/aromatic N) is 5. The molecule has 0 bridgehead atoms. The maximum Gasteiger partial charge on any atom is 0.330 e. The zero-order valence-electron chi connectivity index (χ0n) is 10.7. The average molecular weight is 276 g/mol. The van der Waals surface area contributed by atoms with Crippen LogP contribution >= 0.6 is 0 Å². The molecule has 1 aliphatic heterocycles. The van der Waals surface area contributed by atoms with Crippen LogP contribution in [0, 0.1) is 18.3 Å². The van der Waals surface area contributed by atoms with Crippen LogP contribution in [0.4, 0.5) is 0 Å². The van der Waals surface area contributed by atoms with E-state index in [9.17, 15) is 9.59 Å². The van der Waals surface area contributed by atoms with Crippen LogP contribution in [0.2, 0.25) is 0 Å². The number of aryl methyl sites for hydroxylation is 1. The number of hydrogen-bond donors (Lipinski definition) is 1. The number of nitrogens with one attached hydrogen (secondary N) is 1. The highest BCUT2D eigenvalue weighted by atomic mass is 16.5. The molecule has 1 aliphatic rings. The molecule has 0 saturated carbocycles. The summed E-state index contributed by atoms with van der Waals surface area (Å²) in [5, 5.41) is 12.3. The molecule has 1 saturated heterocycles. The van der Waals surface area contributed by atoms with E-state index in [-0.39, 0.29) is 12.8 Å². The molecule has 2 heterocycles. The molecule has 20 heavy (non-hydrogen) atoms. The minimum atomic E-state index is -0.660. The lowest BCUT2D eigenvalue weighted by atomic mass is 10.1. The third kappa shape index (κ3) is 2.56. The SMILES string of the molecule is Cc1cn([C@H]2C[C@H](N=[N+]=[N-])[C@@H](CC#N)O2)c(=O)[nH]c1=O. The van der Waals surface area contributed by atoms with Crippen LogP contribution in [0.3, 0.4) is 0 Å². The Kier molecular flexibility index (Phi) is 3.89. The summed E-state index contributed by atoms with van der Waals surface area (Å²) in [5.41, 5.74) is 7.83. The Hall–Kier alpha value is -2.56. The molecule has 2 rings (SSSR count). The molecule has 0 amide bonds. The summed E-state index contributed by atoms with van der Waals surface area (Å²) in [4.78, 5) is 28.0. The van der Waals surface area contributed by atoms with Crippen molar-refractivity contribution >= 4 is 0 Å². The van der Waals surface area contributed by atoms with E-state index in [0.29, 0.717) is 5.56 Å². The molecule has 1 fully saturated rings. The van der Waals surface area contributed by atoms with E-state index in [4.69, 9.17) is 15.5 Å². The Bertz CT molecular complexity index is 708. The summed E-state index contributed by atoms with van der Waals surface area (Å²) in [6, 6.07) is 1.44. The van der Waals surface area contributed by atoms with Crippen LogP contribution in [0.25, 0.3) is 10.4 Å². The van der Waals surface area contributed by atoms with Crippen LogP contribution in [0.1, 0.15) is 24.6 Å². The molecule has 0 aliphatic carbocycles. The van der Waals surface area contributed by atoms with E-state index in [2.05, 4.69) is 15.0 Å². The molecule has 9 heteroatoms. The van der Waals surface area contributed by atoms with Gasteiger partial charge in [-0.1, -0.05) is 5.11 Å². The Morgan fingerprint density at radius 1 is 1.70 bits per heavy atom. The zero-order chi connectivity index (χ0) is 14.7. The van der Waals surface area contributed by atoms with Gasteiger partial charge in [0.05, 0.1) is 24.6 Å². The van der Waals surface area contributed by atoms with Crippen molar-refractivity contribution in [1.29, 1.82) is 5.26 Å². The van der Waals surface area contributed by atoms with E-state index in [1.165, 1.54) is 10.8 Å². The summed E-state index contributed by atoms with van der Waals surface area (Å²) in [6.45, 7) is 1.57. The van der Waals surface area contributed by atoms with Gasteiger partial charge in [0.1, 0.15) is 6.23 Å². The fraction of sp³-hybridized carbons (Fsp3) is 0.545. The minimum absolute atomic E-state index is 0.0667. The van der Waals surface area contributed by atoms with Crippen molar-refractivity contribution in [3.8, 4) is 6.07 Å². The molecule has 3 atom stereocenters. The number of nitriles is 1. The van der Waals surface area contributed by atoms with Crippen LogP contribution in [0.15, 0.2) is 20.9 Å². The van der Waals surface area contributed by atoms with Gasteiger partial charge in [0.15, 0.2) is 0 Å². The largest absolute Gasteiger partial charge is 0.353 e. The third-order valence-corrected chi connectivity index (χ3v) is 3.15.